The Morgan fingerprint density at radius 3 is 2.62 bits per heavy atom. The average Bonchev–Trinajstić information content (AvgIpc) is 3.13. The minimum Gasteiger partial charge on any atom is -0.361 e. The predicted octanol–water partition coefficient (Wildman–Crippen LogP) is 6.25. The predicted molar refractivity (Wildman–Crippen MR) is 127 cm³/mol. The maximum atomic E-state index is 6.56. The van der Waals surface area contributed by atoms with Crippen molar-refractivity contribution < 1.29 is 0 Å². The second-order valence-electron chi connectivity index (χ2n) is 7.07. The molecule has 0 saturated carbocycles. The zero-order chi connectivity index (χ0) is 20.2. The van der Waals surface area contributed by atoms with Crippen LogP contribution in [0.3, 0.4) is 0 Å². The molecule has 1 atom stereocenters. The number of aromatic amines is 1. The summed E-state index contributed by atoms with van der Waals surface area (Å²) >= 11 is 12.1. The number of benzene rings is 3. The van der Waals surface area contributed by atoms with Crippen LogP contribution in [0.2, 0.25) is 5.02 Å². The Hall–Kier alpha value is -2.82. The number of aryl methyl sites for hydroxylation is 1. The lowest BCUT2D eigenvalue weighted by atomic mass is 9.91. The summed E-state index contributed by atoms with van der Waals surface area (Å²) < 4.78 is 0. The summed E-state index contributed by atoms with van der Waals surface area (Å²) in [4.78, 5) is 3.37. The van der Waals surface area contributed by atoms with Crippen LogP contribution in [0.4, 0.5) is 5.69 Å². The summed E-state index contributed by atoms with van der Waals surface area (Å²) in [5.74, 6) is 0.0529. The van der Waals surface area contributed by atoms with E-state index in [1.807, 2.05) is 36.4 Å². The summed E-state index contributed by atoms with van der Waals surface area (Å²) in [5.41, 5.74) is 5.54. The molecule has 0 unspecified atom stereocenters. The number of nitrogens with one attached hydrogen (secondary N) is 3. The maximum Gasteiger partial charge on any atom is 0.170 e. The van der Waals surface area contributed by atoms with Gasteiger partial charge in [0.2, 0.25) is 0 Å². The lowest BCUT2D eigenvalue weighted by Gasteiger charge is -2.21. The van der Waals surface area contributed by atoms with E-state index in [2.05, 4.69) is 65.1 Å². The number of halogens is 1. The third-order valence-electron chi connectivity index (χ3n) is 5.02. The van der Waals surface area contributed by atoms with Gasteiger partial charge in [-0.1, -0.05) is 60.1 Å². The summed E-state index contributed by atoms with van der Waals surface area (Å²) in [6, 6.07) is 24.4. The number of para-hydroxylation sites is 1. The number of hydrogen-bond acceptors (Lipinski definition) is 1. The van der Waals surface area contributed by atoms with Crippen LogP contribution >= 0.6 is 23.8 Å². The fourth-order valence-electron chi connectivity index (χ4n) is 3.62. The number of aromatic nitrogens is 1. The first-order chi connectivity index (χ1) is 14.1. The second kappa shape index (κ2) is 8.68. The molecular formula is C24H22ClN3S. The summed E-state index contributed by atoms with van der Waals surface area (Å²) in [7, 11) is 0. The molecule has 0 bridgehead atoms. The van der Waals surface area contributed by atoms with Crippen LogP contribution in [-0.2, 0) is 0 Å². The minimum atomic E-state index is 0.0529. The number of H-pyrrole nitrogens is 1. The molecule has 0 radical (unpaired) electrons. The summed E-state index contributed by atoms with van der Waals surface area (Å²) in [5, 5.41) is 9.18. The highest BCUT2D eigenvalue weighted by atomic mass is 35.5. The Bertz CT molecular complexity index is 1150. The average molecular weight is 420 g/mol. The van der Waals surface area contributed by atoms with Crippen molar-refractivity contribution in [3.63, 3.8) is 0 Å². The van der Waals surface area contributed by atoms with E-state index in [0.717, 1.165) is 21.8 Å². The Morgan fingerprint density at radius 2 is 1.79 bits per heavy atom. The van der Waals surface area contributed by atoms with E-state index < -0.39 is 0 Å². The molecule has 29 heavy (non-hydrogen) atoms. The van der Waals surface area contributed by atoms with Crippen LogP contribution in [0.25, 0.3) is 10.9 Å². The minimum absolute atomic E-state index is 0.0529. The van der Waals surface area contributed by atoms with Gasteiger partial charge < -0.3 is 15.6 Å². The Balaban J connectivity index is 1.59. The van der Waals surface area contributed by atoms with Crippen LogP contribution in [0.15, 0.2) is 79.0 Å². The molecule has 146 valence electrons. The van der Waals surface area contributed by atoms with E-state index >= 15 is 0 Å². The normalized spacial score (nSPS) is 11.9. The topological polar surface area (TPSA) is 39.8 Å². The van der Waals surface area contributed by atoms with E-state index in [4.69, 9.17) is 23.8 Å². The molecule has 1 heterocycles. The van der Waals surface area contributed by atoms with Crippen LogP contribution in [0.1, 0.15) is 22.6 Å². The molecular weight excluding hydrogens is 398 g/mol. The first-order valence-electron chi connectivity index (χ1n) is 9.54. The van der Waals surface area contributed by atoms with Crippen molar-refractivity contribution in [2.75, 3.05) is 11.9 Å². The highest BCUT2D eigenvalue weighted by molar-refractivity contribution is 7.80. The molecule has 0 aliphatic heterocycles. The Morgan fingerprint density at radius 1 is 1.00 bits per heavy atom. The van der Waals surface area contributed by atoms with Gasteiger partial charge >= 0.3 is 0 Å². The Kier molecular flexibility index (Phi) is 5.84. The number of fused-ring (bicyclic) bond motifs is 1. The molecule has 0 fully saturated rings. The van der Waals surface area contributed by atoms with Crippen molar-refractivity contribution in [2.24, 2.45) is 0 Å². The van der Waals surface area contributed by atoms with Crippen molar-refractivity contribution in [1.29, 1.82) is 0 Å². The molecule has 4 rings (SSSR count). The van der Waals surface area contributed by atoms with Crippen molar-refractivity contribution in [3.05, 3.63) is 101 Å². The quantitative estimate of drug-likeness (QED) is 0.335. The Labute approximate surface area is 181 Å². The van der Waals surface area contributed by atoms with E-state index in [1.165, 1.54) is 16.5 Å². The molecule has 0 saturated heterocycles. The molecule has 0 aliphatic carbocycles. The van der Waals surface area contributed by atoms with Crippen LogP contribution in [0.5, 0.6) is 0 Å². The fourth-order valence-corrected chi connectivity index (χ4v) is 4.09. The van der Waals surface area contributed by atoms with Gasteiger partial charge in [-0.25, -0.2) is 0 Å². The molecule has 0 aliphatic rings. The summed E-state index contributed by atoms with van der Waals surface area (Å²) in [6.07, 6.45) is 2.07. The number of hydrogen-bond donors (Lipinski definition) is 3. The van der Waals surface area contributed by atoms with Gasteiger partial charge in [-0.15, -0.1) is 0 Å². The van der Waals surface area contributed by atoms with Crippen molar-refractivity contribution in [3.8, 4) is 0 Å². The third kappa shape index (κ3) is 4.44. The maximum absolute atomic E-state index is 6.56. The molecule has 0 spiro atoms. The molecule has 4 aromatic rings. The van der Waals surface area contributed by atoms with Crippen LogP contribution in [-0.4, -0.2) is 16.6 Å². The zero-order valence-electron chi connectivity index (χ0n) is 16.1. The first kappa shape index (κ1) is 19.5. The smallest absolute Gasteiger partial charge is 0.170 e. The van der Waals surface area contributed by atoms with Crippen molar-refractivity contribution >= 4 is 45.5 Å². The van der Waals surface area contributed by atoms with Gasteiger partial charge in [-0.2, -0.15) is 0 Å². The number of thiocarbonyl (C=S) groups is 1. The monoisotopic (exact) mass is 419 g/mol. The number of rotatable bonds is 5. The van der Waals surface area contributed by atoms with E-state index in [0.29, 0.717) is 11.7 Å². The van der Waals surface area contributed by atoms with E-state index in [1.54, 1.807) is 0 Å². The van der Waals surface area contributed by atoms with E-state index in [-0.39, 0.29) is 5.92 Å². The fraction of sp³-hybridized carbons (Fsp3) is 0.125. The molecule has 3 N–H and O–H groups in total. The lowest BCUT2D eigenvalue weighted by Crippen LogP contribution is -2.32. The third-order valence-corrected chi connectivity index (χ3v) is 5.61. The standard InChI is InChI=1S/C24H22ClN3S/c1-16-7-6-8-17(13-16)28-24(29)27-15-20(18-9-2-4-11-22(18)25)21-14-26-23-12-5-3-10-19(21)23/h2-14,20,26H,15H2,1H3,(H2,27,28,29)/t20-/m1/s1. The van der Waals surface area contributed by atoms with Gasteiger partial charge in [0.15, 0.2) is 5.11 Å². The molecule has 0 amide bonds. The SMILES string of the molecule is Cc1cccc(NC(=S)NC[C@H](c2ccccc2Cl)c2c[nH]c3ccccc23)c1. The van der Waals surface area contributed by atoms with Gasteiger partial charge in [-0.05, 0) is 60.1 Å². The summed E-state index contributed by atoms with van der Waals surface area (Å²) in [6.45, 7) is 2.69. The van der Waals surface area contributed by atoms with Gasteiger partial charge in [0, 0.05) is 40.3 Å². The van der Waals surface area contributed by atoms with Crippen LogP contribution < -0.4 is 10.6 Å². The first-order valence-corrected chi connectivity index (χ1v) is 10.3. The van der Waals surface area contributed by atoms with Crippen molar-refractivity contribution in [1.82, 2.24) is 10.3 Å². The zero-order valence-corrected chi connectivity index (χ0v) is 17.6. The number of anilines is 1. The van der Waals surface area contributed by atoms with Crippen LogP contribution in [0, 0.1) is 6.92 Å². The van der Waals surface area contributed by atoms with Gasteiger partial charge in [0.1, 0.15) is 0 Å². The largest absolute Gasteiger partial charge is 0.361 e. The van der Waals surface area contributed by atoms with E-state index in [9.17, 15) is 0 Å². The highest BCUT2D eigenvalue weighted by Crippen LogP contribution is 2.34. The second-order valence-corrected chi connectivity index (χ2v) is 7.88. The molecule has 1 aromatic heterocycles. The molecule has 5 heteroatoms. The molecule has 3 aromatic carbocycles. The lowest BCUT2D eigenvalue weighted by molar-refractivity contribution is 0.766. The molecule has 3 nitrogen and oxygen atoms in total. The van der Waals surface area contributed by atoms with Gasteiger partial charge in [0.25, 0.3) is 0 Å². The highest BCUT2D eigenvalue weighted by Gasteiger charge is 2.20. The van der Waals surface area contributed by atoms with Gasteiger partial charge in [-0.3, -0.25) is 0 Å². The van der Waals surface area contributed by atoms with Crippen molar-refractivity contribution in [2.45, 2.75) is 12.8 Å². The van der Waals surface area contributed by atoms with Gasteiger partial charge in [0.05, 0.1) is 0 Å².